The zero-order valence-electron chi connectivity index (χ0n) is 12.0. The van der Waals surface area contributed by atoms with Gasteiger partial charge in [0.15, 0.2) is 0 Å². The van der Waals surface area contributed by atoms with Crippen LogP contribution in [0.5, 0.6) is 0 Å². The van der Waals surface area contributed by atoms with Crippen molar-refractivity contribution in [2.75, 3.05) is 0 Å². The highest BCUT2D eigenvalue weighted by Crippen LogP contribution is 2.16. The van der Waals surface area contributed by atoms with Crippen LogP contribution in [-0.2, 0) is 11.2 Å². The Morgan fingerprint density at radius 2 is 1.58 bits per heavy atom. The summed E-state index contributed by atoms with van der Waals surface area (Å²) < 4.78 is 53.5. The van der Waals surface area contributed by atoms with E-state index in [0.717, 1.165) is 6.07 Å². The minimum absolute atomic E-state index is 0.00486. The molecule has 1 amide bonds. The molecule has 0 aliphatic heterocycles. The third-order valence-corrected chi connectivity index (χ3v) is 3.22. The lowest BCUT2D eigenvalue weighted by atomic mass is 10.0. The summed E-state index contributed by atoms with van der Waals surface area (Å²) in [6.07, 6.45) is -0.432. The van der Waals surface area contributed by atoms with E-state index < -0.39 is 53.2 Å². The second-order valence-electron chi connectivity index (χ2n) is 4.90. The van der Waals surface area contributed by atoms with E-state index >= 15 is 0 Å². The molecule has 4 nitrogen and oxygen atoms in total. The molecule has 1 atom stereocenters. The zero-order valence-corrected chi connectivity index (χ0v) is 12.0. The van der Waals surface area contributed by atoms with Gasteiger partial charge >= 0.3 is 5.97 Å². The van der Waals surface area contributed by atoms with Crippen molar-refractivity contribution in [3.8, 4) is 0 Å². The summed E-state index contributed by atoms with van der Waals surface area (Å²) >= 11 is 0. The second-order valence-corrected chi connectivity index (χ2v) is 4.90. The van der Waals surface area contributed by atoms with Gasteiger partial charge in [-0.1, -0.05) is 18.2 Å². The third kappa shape index (κ3) is 3.89. The van der Waals surface area contributed by atoms with Gasteiger partial charge < -0.3 is 10.4 Å². The number of halogens is 4. The fraction of sp³-hybridized carbons (Fsp3) is 0.125. The lowest BCUT2D eigenvalue weighted by Gasteiger charge is -2.15. The molecule has 2 aromatic rings. The molecule has 0 aliphatic rings. The van der Waals surface area contributed by atoms with Gasteiger partial charge in [-0.05, 0) is 11.6 Å². The van der Waals surface area contributed by atoms with E-state index in [9.17, 15) is 27.2 Å². The molecule has 2 rings (SSSR count). The molecule has 0 bridgehead atoms. The summed E-state index contributed by atoms with van der Waals surface area (Å²) in [7, 11) is 0. The maximum absolute atomic E-state index is 13.6. The van der Waals surface area contributed by atoms with E-state index in [2.05, 4.69) is 0 Å². The fourth-order valence-electron chi connectivity index (χ4n) is 2.07. The van der Waals surface area contributed by atoms with E-state index in [0.29, 0.717) is 12.1 Å². The number of rotatable bonds is 5. The monoisotopic (exact) mass is 341 g/mol. The number of hydrogen-bond donors (Lipinski definition) is 2. The molecule has 0 heterocycles. The molecule has 24 heavy (non-hydrogen) atoms. The van der Waals surface area contributed by atoms with Crippen molar-refractivity contribution in [2.45, 2.75) is 12.5 Å². The second kappa shape index (κ2) is 7.12. The quantitative estimate of drug-likeness (QED) is 0.822. The van der Waals surface area contributed by atoms with Crippen LogP contribution >= 0.6 is 0 Å². The predicted molar refractivity (Wildman–Crippen MR) is 75.3 cm³/mol. The number of carbonyl (C=O) groups excluding carboxylic acids is 1. The molecular weight excluding hydrogens is 330 g/mol. The lowest BCUT2D eigenvalue weighted by molar-refractivity contribution is -0.139. The first kappa shape index (κ1) is 17.5. The molecule has 0 aliphatic carbocycles. The van der Waals surface area contributed by atoms with Crippen LogP contribution in [-0.4, -0.2) is 23.0 Å². The third-order valence-electron chi connectivity index (χ3n) is 3.22. The minimum Gasteiger partial charge on any atom is -0.480 e. The normalized spacial score (nSPS) is 11.8. The summed E-state index contributed by atoms with van der Waals surface area (Å²) in [5.74, 6) is -7.75. The summed E-state index contributed by atoms with van der Waals surface area (Å²) in [6, 6.07) is 4.26. The summed E-state index contributed by atoms with van der Waals surface area (Å²) in [5.41, 5.74) is -1.11. The van der Waals surface area contributed by atoms with Gasteiger partial charge in [0.1, 0.15) is 34.9 Å². The first-order valence-corrected chi connectivity index (χ1v) is 6.71. The van der Waals surface area contributed by atoms with Gasteiger partial charge in [-0.3, -0.25) is 4.79 Å². The van der Waals surface area contributed by atoms with Crippen molar-refractivity contribution in [1.29, 1.82) is 0 Å². The SMILES string of the molecule is O=C(N[C@H](Cc1ccccc1F)C(=O)O)c1c(F)cc(F)cc1F. The molecule has 0 aromatic heterocycles. The van der Waals surface area contributed by atoms with Crippen LogP contribution in [0.1, 0.15) is 15.9 Å². The van der Waals surface area contributed by atoms with Crippen LogP contribution in [0.25, 0.3) is 0 Å². The fourth-order valence-corrected chi connectivity index (χ4v) is 2.07. The number of carboxylic acids is 1. The molecule has 2 aromatic carbocycles. The Morgan fingerprint density at radius 3 is 2.12 bits per heavy atom. The number of hydrogen-bond acceptors (Lipinski definition) is 2. The van der Waals surface area contributed by atoms with Crippen LogP contribution in [0, 0.1) is 23.3 Å². The highest BCUT2D eigenvalue weighted by atomic mass is 19.1. The summed E-state index contributed by atoms with van der Waals surface area (Å²) in [5, 5.41) is 11.0. The van der Waals surface area contributed by atoms with Gasteiger partial charge in [-0.2, -0.15) is 0 Å². The molecule has 8 heteroatoms. The predicted octanol–water partition coefficient (Wildman–Crippen LogP) is 2.67. The highest BCUT2D eigenvalue weighted by Gasteiger charge is 2.26. The van der Waals surface area contributed by atoms with Gasteiger partial charge in [0.05, 0.1) is 0 Å². The molecule has 0 fully saturated rings. The summed E-state index contributed by atoms with van der Waals surface area (Å²) in [4.78, 5) is 23.1. The van der Waals surface area contributed by atoms with Crippen molar-refractivity contribution in [3.05, 3.63) is 70.8 Å². The number of carboxylic acid groups (broad SMARTS) is 1. The molecule has 0 saturated heterocycles. The Hall–Kier alpha value is -2.90. The van der Waals surface area contributed by atoms with E-state index in [1.807, 2.05) is 5.32 Å². The van der Waals surface area contributed by atoms with Crippen molar-refractivity contribution in [2.24, 2.45) is 0 Å². The maximum atomic E-state index is 13.6. The molecule has 0 spiro atoms. The first-order chi connectivity index (χ1) is 11.3. The number of aliphatic carboxylic acids is 1. The Kier molecular flexibility index (Phi) is 5.18. The van der Waals surface area contributed by atoms with Crippen molar-refractivity contribution >= 4 is 11.9 Å². The topological polar surface area (TPSA) is 66.4 Å². The number of nitrogens with one attached hydrogen (secondary N) is 1. The van der Waals surface area contributed by atoms with Gasteiger partial charge in [-0.15, -0.1) is 0 Å². The molecule has 126 valence electrons. The first-order valence-electron chi connectivity index (χ1n) is 6.71. The Morgan fingerprint density at radius 1 is 1.00 bits per heavy atom. The number of carbonyl (C=O) groups is 2. The average Bonchev–Trinajstić information content (AvgIpc) is 2.47. The number of amides is 1. The molecule has 2 N–H and O–H groups in total. The van der Waals surface area contributed by atoms with Crippen LogP contribution in [0.4, 0.5) is 17.6 Å². The Labute approximate surface area is 133 Å². The molecule has 0 radical (unpaired) electrons. The van der Waals surface area contributed by atoms with E-state index in [4.69, 9.17) is 5.11 Å². The van der Waals surface area contributed by atoms with Crippen LogP contribution in [0.3, 0.4) is 0 Å². The van der Waals surface area contributed by atoms with Gasteiger partial charge in [-0.25, -0.2) is 22.4 Å². The van der Waals surface area contributed by atoms with Crippen molar-refractivity contribution in [1.82, 2.24) is 5.32 Å². The smallest absolute Gasteiger partial charge is 0.326 e. The van der Waals surface area contributed by atoms with E-state index in [-0.39, 0.29) is 5.56 Å². The lowest BCUT2D eigenvalue weighted by Crippen LogP contribution is -2.43. The van der Waals surface area contributed by atoms with Crippen molar-refractivity contribution in [3.63, 3.8) is 0 Å². The Bertz CT molecular complexity index is 772. The minimum atomic E-state index is -1.63. The Balaban J connectivity index is 2.24. The highest BCUT2D eigenvalue weighted by molar-refractivity contribution is 5.97. The molecule has 0 unspecified atom stereocenters. The summed E-state index contributed by atoms with van der Waals surface area (Å²) in [6.45, 7) is 0. The standard InChI is InChI=1S/C16H11F4NO3/c17-9-6-11(19)14(12(20)7-9)15(22)21-13(16(23)24)5-8-3-1-2-4-10(8)18/h1-4,6-7,13H,5H2,(H,21,22)(H,23,24)/t13-/m1/s1. The molecular formula is C16H11F4NO3. The van der Waals surface area contributed by atoms with Gasteiger partial charge in [0.25, 0.3) is 5.91 Å². The molecule has 0 saturated carbocycles. The number of benzene rings is 2. The van der Waals surface area contributed by atoms with Crippen LogP contribution in [0.2, 0.25) is 0 Å². The zero-order chi connectivity index (χ0) is 17.9. The van der Waals surface area contributed by atoms with E-state index in [1.54, 1.807) is 0 Å². The van der Waals surface area contributed by atoms with Crippen molar-refractivity contribution < 1.29 is 32.3 Å². The van der Waals surface area contributed by atoms with Crippen LogP contribution < -0.4 is 5.32 Å². The maximum Gasteiger partial charge on any atom is 0.326 e. The average molecular weight is 341 g/mol. The van der Waals surface area contributed by atoms with Gasteiger partial charge in [0.2, 0.25) is 0 Å². The van der Waals surface area contributed by atoms with E-state index in [1.165, 1.54) is 18.2 Å². The van der Waals surface area contributed by atoms with Crippen LogP contribution in [0.15, 0.2) is 36.4 Å². The largest absolute Gasteiger partial charge is 0.480 e. The van der Waals surface area contributed by atoms with Gasteiger partial charge in [0, 0.05) is 18.6 Å².